The Bertz CT molecular complexity index is 415. The molecule has 0 unspecified atom stereocenters. The molecule has 0 aliphatic rings. The summed E-state index contributed by atoms with van der Waals surface area (Å²) in [6, 6.07) is 0. The van der Waals surface area contributed by atoms with E-state index in [-0.39, 0.29) is 0 Å². The van der Waals surface area contributed by atoms with Gasteiger partial charge in [-0.1, -0.05) is 0 Å². The molecule has 0 aliphatic heterocycles. The number of aromatic carboxylic acids is 2. The molecule has 0 aromatic heterocycles. The fourth-order valence-electron chi connectivity index (χ4n) is 1.10. The molecule has 0 aliphatic carbocycles. The van der Waals surface area contributed by atoms with Crippen LogP contribution in [0, 0.1) is 0 Å². The highest BCUT2D eigenvalue weighted by Crippen LogP contribution is 2.46. The van der Waals surface area contributed by atoms with Crippen LogP contribution in [-0.2, 0) is 0 Å². The van der Waals surface area contributed by atoms with Gasteiger partial charge in [0.25, 0.3) is 0 Å². The van der Waals surface area contributed by atoms with Crippen LogP contribution in [0.4, 0.5) is 0 Å². The second-order valence-electron chi connectivity index (χ2n) is 2.75. The summed E-state index contributed by atoms with van der Waals surface area (Å²) >= 11 is 0. The molecule has 0 heterocycles. The number of aromatic hydroxyl groups is 4. The van der Waals surface area contributed by atoms with Crippen molar-refractivity contribution >= 4 is 11.9 Å². The molecular formula is C8H6O8. The maximum Gasteiger partial charge on any atom is 0.343 e. The molecule has 0 radical (unpaired) electrons. The molecule has 0 bridgehead atoms. The van der Waals surface area contributed by atoms with E-state index in [9.17, 15) is 9.59 Å². The van der Waals surface area contributed by atoms with Crippen LogP contribution in [0.15, 0.2) is 0 Å². The van der Waals surface area contributed by atoms with Crippen LogP contribution in [0.25, 0.3) is 0 Å². The van der Waals surface area contributed by atoms with Gasteiger partial charge < -0.3 is 30.6 Å². The molecule has 8 nitrogen and oxygen atoms in total. The predicted molar refractivity (Wildman–Crippen MR) is 47.0 cm³/mol. The first-order valence-electron chi connectivity index (χ1n) is 3.75. The molecule has 1 rings (SSSR count). The monoisotopic (exact) mass is 230 g/mol. The summed E-state index contributed by atoms with van der Waals surface area (Å²) in [6.07, 6.45) is 0. The first-order chi connectivity index (χ1) is 7.29. The van der Waals surface area contributed by atoms with Gasteiger partial charge in [-0.15, -0.1) is 0 Å². The summed E-state index contributed by atoms with van der Waals surface area (Å²) in [7, 11) is 0. The Morgan fingerprint density at radius 2 is 0.812 bits per heavy atom. The van der Waals surface area contributed by atoms with Gasteiger partial charge in [0.2, 0.25) is 0 Å². The fraction of sp³-hybridized carbons (Fsp3) is 0. The van der Waals surface area contributed by atoms with Gasteiger partial charge in [0.15, 0.2) is 34.1 Å². The molecule has 0 atom stereocenters. The van der Waals surface area contributed by atoms with E-state index in [1.165, 1.54) is 0 Å². The summed E-state index contributed by atoms with van der Waals surface area (Å²) in [5.74, 6) is -9.00. The van der Waals surface area contributed by atoms with Gasteiger partial charge in [0, 0.05) is 0 Å². The van der Waals surface area contributed by atoms with Gasteiger partial charge in [-0.2, -0.15) is 0 Å². The number of phenols is 4. The van der Waals surface area contributed by atoms with Gasteiger partial charge in [0.1, 0.15) is 0 Å². The Balaban J connectivity index is 3.77. The lowest BCUT2D eigenvalue weighted by molar-refractivity contribution is 0.0667. The lowest BCUT2D eigenvalue weighted by atomic mass is 10.1. The van der Waals surface area contributed by atoms with Crippen molar-refractivity contribution in [3.8, 4) is 23.0 Å². The number of rotatable bonds is 2. The molecule has 8 heteroatoms. The largest absolute Gasteiger partial charge is 0.504 e. The van der Waals surface area contributed by atoms with Crippen molar-refractivity contribution in [3.05, 3.63) is 11.1 Å². The number of carbonyl (C=O) groups is 2. The maximum atomic E-state index is 10.5. The lowest BCUT2D eigenvalue weighted by Crippen LogP contribution is -2.03. The zero-order valence-electron chi connectivity index (χ0n) is 7.50. The van der Waals surface area contributed by atoms with Crippen molar-refractivity contribution in [1.29, 1.82) is 0 Å². The predicted octanol–water partition coefficient (Wildman–Crippen LogP) is -0.0946. The number of carboxylic acids is 2. The minimum atomic E-state index is -1.84. The zero-order valence-corrected chi connectivity index (χ0v) is 7.50. The van der Waals surface area contributed by atoms with E-state index in [0.717, 1.165) is 0 Å². The van der Waals surface area contributed by atoms with Crippen LogP contribution >= 0.6 is 0 Å². The van der Waals surface area contributed by atoms with Crippen molar-refractivity contribution in [2.75, 3.05) is 0 Å². The molecule has 0 amide bonds. The van der Waals surface area contributed by atoms with E-state index in [1.54, 1.807) is 0 Å². The topological polar surface area (TPSA) is 156 Å². The van der Waals surface area contributed by atoms with Crippen LogP contribution in [0.3, 0.4) is 0 Å². The Kier molecular flexibility index (Phi) is 2.50. The first-order valence-corrected chi connectivity index (χ1v) is 3.75. The minimum Gasteiger partial charge on any atom is -0.504 e. The molecule has 86 valence electrons. The van der Waals surface area contributed by atoms with Crippen molar-refractivity contribution < 1.29 is 40.2 Å². The highest BCUT2D eigenvalue weighted by Gasteiger charge is 2.30. The van der Waals surface area contributed by atoms with E-state index >= 15 is 0 Å². The summed E-state index contributed by atoms with van der Waals surface area (Å²) in [6.45, 7) is 0. The Morgan fingerprint density at radius 3 is 0.938 bits per heavy atom. The summed E-state index contributed by atoms with van der Waals surface area (Å²) in [4.78, 5) is 21.1. The Morgan fingerprint density at radius 1 is 0.625 bits per heavy atom. The van der Waals surface area contributed by atoms with Gasteiger partial charge in [-0.3, -0.25) is 0 Å². The minimum absolute atomic E-state index is 1.18. The third kappa shape index (κ3) is 1.41. The lowest BCUT2D eigenvalue weighted by Gasteiger charge is -2.10. The second kappa shape index (κ2) is 3.50. The molecule has 16 heavy (non-hydrogen) atoms. The van der Waals surface area contributed by atoms with Gasteiger partial charge >= 0.3 is 11.9 Å². The fourth-order valence-corrected chi connectivity index (χ4v) is 1.10. The molecule has 0 saturated carbocycles. The SMILES string of the molecule is O=C(O)c1c(O)c(O)c(C(=O)O)c(O)c1O. The van der Waals surface area contributed by atoms with Crippen LogP contribution in [-0.4, -0.2) is 42.6 Å². The molecule has 1 aromatic rings. The number of carboxylic acid groups (broad SMARTS) is 2. The van der Waals surface area contributed by atoms with E-state index < -0.39 is 46.1 Å². The molecule has 6 N–H and O–H groups in total. The van der Waals surface area contributed by atoms with E-state index in [0.29, 0.717) is 0 Å². The quantitative estimate of drug-likeness (QED) is 0.304. The summed E-state index contributed by atoms with van der Waals surface area (Å²) in [5, 5.41) is 53.6. The van der Waals surface area contributed by atoms with Crippen LogP contribution < -0.4 is 0 Å². The maximum absolute atomic E-state index is 10.5. The van der Waals surface area contributed by atoms with Gasteiger partial charge in [-0.05, 0) is 0 Å². The second-order valence-corrected chi connectivity index (χ2v) is 2.75. The van der Waals surface area contributed by atoms with Crippen molar-refractivity contribution in [1.82, 2.24) is 0 Å². The van der Waals surface area contributed by atoms with Crippen LogP contribution in [0.5, 0.6) is 23.0 Å². The number of benzene rings is 1. The van der Waals surface area contributed by atoms with Gasteiger partial charge in [0.05, 0.1) is 0 Å². The highest BCUT2D eigenvalue weighted by molar-refractivity contribution is 6.03. The van der Waals surface area contributed by atoms with Crippen LogP contribution in [0.2, 0.25) is 0 Å². The average molecular weight is 230 g/mol. The number of hydrogen-bond acceptors (Lipinski definition) is 6. The normalized spacial score (nSPS) is 10.0. The van der Waals surface area contributed by atoms with E-state index in [1.807, 2.05) is 0 Å². The smallest absolute Gasteiger partial charge is 0.343 e. The van der Waals surface area contributed by atoms with Crippen molar-refractivity contribution in [2.24, 2.45) is 0 Å². The third-order valence-corrected chi connectivity index (χ3v) is 1.82. The number of hydrogen-bond donors (Lipinski definition) is 6. The third-order valence-electron chi connectivity index (χ3n) is 1.82. The summed E-state index contributed by atoms with van der Waals surface area (Å²) in [5.41, 5.74) is -2.36. The van der Waals surface area contributed by atoms with Crippen molar-refractivity contribution in [3.63, 3.8) is 0 Å². The van der Waals surface area contributed by atoms with Crippen LogP contribution in [0.1, 0.15) is 20.7 Å². The zero-order chi connectivity index (χ0) is 12.6. The van der Waals surface area contributed by atoms with Gasteiger partial charge in [-0.25, -0.2) is 9.59 Å². The van der Waals surface area contributed by atoms with E-state index in [4.69, 9.17) is 30.6 Å². The van der Waals surface area contributed by atoms with E-state index in [2.05, 4.69) is 0 Å². The molecule has 0 saturated heterocycles. The molecule has 0 fully saturated rings. The summed E-state index contributed by atoms with van der Waals surface area (Å²) < 4.78 is 0. The molecule has 0 spiro atoms. The van der Waals surface area contributed by atoms with Crippen molar-refractivity contribution in [2.45, 2.75) is 0 Å². The average Bonchev–Trinajstić information content (AvgIpc) is 2.14. The first kappa shape index (κ1) is 11.4. The standard InChI is InChI=1S/C8H6O8/c9-3-1(7(13)14)4(10)6(12)2(5(3)11)8(15)16/h9-12H,(H,13,14)(H,15,16). The highest BCUT2D eigenvalue weighted by atomic mass is 16.4. The Hall–Kier alpha value is -2.64. The molecular weight excluding hydrogens is 224 g/mol. The Labute approximate surface area is 87.2 Å². The molecule has 1 aromatic carbocycles.